The Hall–Kier alpha value is -4.00. The summed E-state index contributed by atoms with van der Waals surface area (Å²) in [5, 5.41) is 25.9. The molecule has 0 aliphatic carbocycles. The summed E-state index contributed by atoms with van der Waals surface area (Å²) in [5.41, 5.74) is 1.09. The fraction of sp³-hybridized carbons (Fsp3) is 0.692. The van der Waals surface area contributed by atoms with E-state index in [-0.39, 0.29) is 48.1 Å². The van der Waals surface area contributed by atoms with Gasteiger partial charge in [-0.1, -0.05) is 78.8 Å². The topological polar surface area (TPSA) is 195 Å². The summed E-state index contributed by atoms with van der Waals surface area (Å²) in [6.45, 7) is 18.7. The average Bonchev–Trinajstić information content (AvgIpc) is 3.05. The number of carboxylic acid groups (broad SMARTS) is 1. The van der Waals surface area contributed by atoms with Gasteiger partial charge in [0.25, 0.3) is 0 Å². The minimum absolute atomic E-state index is 0.0515. The van der Waals surface area contributed by atoms with Gasteiger partial charge < -0.3 is 37.0 Å². The van der Waals surface area contributed by atoms with Gasteiger partial charge in [-0.05, 0) is 75.7 Å². The van der Waals surface area contributed by atoms with E-state index in [9.17, 15) is 28.8 Å². The minimum Gasteiger partial charge on any atom is -0.481 e. The van der Waals surface area contributed by atoms with Gasteiger partial charge in [0.05, 0.1) is 6.04 Å². The molecule has 296 valence electrons. The monoisotopic (exact) mass is 733 g/mol. The number of nitrogens with one attached hydrogen (secondary N) is 6. The molecule has 7 N–H and O–H groups in total. The van der Waals surface area contributed by atoms with Crippen molar-refractivity contribution in [3.05, 3.63) is 35.9 Å². The van der Waals surface area contributed by atoms with Crippen LogP contribution in [0.1, 0.15) is 113 Å². The van der Waals surface area contributed by atoms with Crippen molar-refractivity contribution >= 4 is 36.0 Å². The molecule has 0 saturated carbocycles. The molecule has 0 bridgehead atoms. The number of hydrogen-bond donors (Lipinski definition) is 7. The van der Waals surface area contributed by atoms with Crippen LogP contribution in [-0.2, 0) is 35.2 Å². The molecule has 1 aromatic rings. The Balaban J connectivity index is 0.00000145. The lowest BCUT2D eigenvalue weighted by molar-refractivity contribution is -0.137. The molecule has 0 aliphatic heterocycles. The van der Waals surface area contributed by atoms with Crippen LogP contribution in [-0.4, -0.2) is 84.4 Å². The zero-order chi connectivity index (χ0) is 39.6. The molecule has 1 aromatic carbocycles. The van der Waals surface area contributed by atoms with Crippen molar-refractivity contribution in [3.63, 3.8) is 0 Å². The number of aliphatic carboxylic acids is 1. The van der Waals surface area contributed by atoms with Crippen LogP contribution in [0.25, 0.3) is 0 Å². The van der Waals surface area contributed by atoms with Gasteiger partial charge in [0.2, 0.25) is 30.0 Å². The molecule has 3 unspecified atom stereocenters. The van der Waals surface area contributed by atoms with Gasteiger partial charge >= 0.3 is 5.97 Å². The van der Waals surface area contributed by atoms with E-state index in [1.165, 1.54) is 0 Å². The first-order valence-corrected chi connectivity index (χ1v) is 18.9. The lowest BCUT2D eigenvalue weighted by Crippen LogP contribution is -2.56. The highest BCUT2D eigenvalue weighted by Crippen LogP contribution is 2.10. The van der Waals surface area contributed by atoms with Crippen molar-refractivity contribution in [2.45, 2.75) is 144 Å². The molecule has 13 nitrogen and oxygen atoms in total. The van der Waals surface area contributed by atoms with Crippen LogP contribution >= 0.6 is 0 Å². The summed E-state index contributed by atoms with van der Waals surface area (Å²) in [7, 11) is 0. The molecule has 0 spiro atoms. The Morgan fingerprint density at radius 1 is 0.769 bits per heavy atom. The normalized spacial score (nSPS) is 13.8. The first kappa shape index (κ1) is 48.0. The second-order valence-corrected chi connectivity index (χ2v) is 14.5. The van der Waals surface area contributed by atoms with Crippen LogP contribution in [0, 0.1) is 17.8 Å². The molecule has 0 saturated heterocycles. The molecule has 1 rings (SSSR count). The van der Waals surface area contributed by atoms with Crippen molar-refractivity contribution in [1.82, 2.24) is 31.9 Å². The van der Waals surface area contributed by atoms with E-state index < -0.39 is 24.1 Å². The Kier molecular flexibility index (Phi) is 25.5. The number of rotatable bonds is 25. The van der Waals surface area contributed by atoms with E-state index in [0.29, 0.717) is 69.9 Å². The maximum Gasteiger partial charge on any atom is 0.303 e. The van der Waals surface area contributed by atoms with Gasteiger partial charge in [0.15, 0.2) is 0 Å². The van der Waals surface area contributed by atoms with Crippen molar-refractivity contribution in [2.24, 2.45) is 17.8 Å². The van der Waals surface area contributed by atoms with E-state index in [4.69, 9.17) is 5.11 Å². The highest BCUT2D eigenvalue weighted by molar-refractivity contribution is 5.90. The maximum absolute atomic E-state index is 13.1. The van der Waals surface area contributed by atoms with Crippen LogP contribution in [0.4, 0.5) is 0 Å². The number of benzene rings is 1. The number of likely N-dealkylation sites (N-methyl/N-ethyl adjacent to an activating group) is 1. The highest BCUT2D eigenvalue weighted by Gasteiger charge is 2.28. The lowest BCUT2D eigenvalue weighted by atomic mass is 10.0. The van der Waals surface area contributed by atoms with Crippen molar-refractivity contribution < 1.29 is 33.9 Å². The second-order valence-electron chi connectivity index (χ2n) is 14.5. The van der Waals surface area contributed by atoms with E-state index in [0.717, 1.165) is 12.0 Å². The zero-order valence-electron chi connectivity index (χ0n) is 33.1. The van der Waals surface area contributed by atoms with Gasteiger partial charge in [0.1, 0.15) is 12.1 Å². The first-order valence-electron chi connectivity index (χ1n) is 18.9. The average molecular weight is 733 g/mol. The summed E-state index contributed by atoms with van der Waals surface area (Å²) >= 11 is 0. The predicted octanol–water partition coefficient (Wildman–Crippen LogP) is 3.70. The first-order chi connectivity index (χ1) is 24.5. The number of aryl methyl sites for hydroxylation is 1. The lowest BCUT2D eigenvalue weighted by Gasteiger charge is -2.28. The number of carbonyl (C=O) groups is 6. The van der Waals surface area contributed by atoms with Crippen LogP contribution in [0.15, 0.2) is 30.3 Å². The summed E-state index contributed by atoms with van der Waals surface area (Å²) < 4.78 is 0. The molecular weight excluding hydrogens is 664 g/mol. The molecule has 13 heteroatoms. The molecule has 5 amide bonds. The molecule has 52 heavy (non-hydrogen) atoms. The Bertz CT molecular complexity index is 1190. The Morgan fingerprint density at radius 3 is 1.90 bits per heavy atom. The van der Waals surface area contributed by atoms with E-state index in [2.05, 4.69) is 59.6 Å². The standard InChI is InChI=1S/C28H47N5O4.C11H21NO3/c1-7-23(26(35)33-25(20(5)6)28(37)29-8-2)30-17-22(16-19(3)4)32-27(36)24(31-18-34)15-14-21-12-10-9-11-13-21;1-8(2)7-9(3)12-10(13)5-4-6-11(14)15/h9-13,18-20,22-25,30H,7-8,14-17H2,1-6H3,(H,29,37)(H,31,34)(H,32,36)(H,33,35);8-9H,4-7H2,1-3H3,(H,12,13)(H,14,15)/t22?,23-,24-,25?;/m0./s1. The third kappa shape index (κ3) is 22.7. The quantitative estimate of drug-likeness (QED) is 0.0740. The van der Waals surface area contributed by atoms with Crippen LogP contribution < -0.4 is 31.9 Å². The van der Waals surface area contributed by atoms with Crippen LogP contribution in [0.3, 0.4) is 0 Å². The molecule has 0 aliphatic rings. The molecular formula is C39H68N6O7. The van der Waals surface area contributed by atoms with Crippen LogP contribution in [0.2, 0.25) is 0 Å². The SMILES string of the molecule is CC(C)CC(C)NC(=O)CCCC(=O)O.CCNC(=O)C(NC(=O)[C@H](CC)NCC(CC(C)C)NC(=O)[C@H](CCc1ccccc1)NC=O)C(C)C. The van der Waals surface area contributed by atoms with Gasteiger partial charge in [-0.25, -0.2) is 0 Å². The maximum atomic E-state index is 13.1. The zero-order valence-corrected chi connectivity index (χ0v) is 33.1. The fourth-order valence-electron chi connectivity index (χ4n) is 5.69. The van der Waals surface area contributed by atoms with Crippen molar-refractivity contribution in [2.75, 3.05) is 13.1 Å². The number of hydrogen-bond acceptors (Lipinski definition) is 7. The van der Waals surface area contributed by atoms with E-state index >= 15 is 0 Å². The Morgan fingerprint density at radius 2 is 1.38 bits per heavy atom. The second kappa shape index (κ2) is 27.6. The summed E-state index contributed by atoms with van der Waals surface area (Å²) in [6.07, 6.45) is 4.65. The third-order valence-corrected chi connectivity index (χ3v) is 8.21. The van der Waals surface area contributed by atoms with Crippen molar-refractivity contribution in [3.8, 4) is 0 Å². The smallest absolute Gasteiger partial charge is 0.303 e. The molecule has 0 aromatic heterocycles. The van der Waals surface area contributed by atoms with Gasteiger partial charge in [-0.3, -0.25) is 28.8 Å². The van der Waals surface area contributed by atoms with E-state index in [1.54, 1.807) is 0 Å². The number of carbonyl (C=O) groups excluding carboxylic acids is 5. The molecule has 0 radical (unpaired) electrons. The summed E-state index contributed by atoms with van der Waals surface area (Å²) in [5.74, 6) is -0.781. The summed E-state index contributed by atoms with van der Waals surface area (Å²) in [6, 6.07) is 7.98. The van der Waals surface area contributed by atoms with Gasteiger partial charge in [-0.2, -0.15) is 0 Å². The minimum atomic E-state index is -0.849. The third-order valence-electron chi connectivity index (χ3n) is 8.21. The summed E-state index contributed by atoms with van der Waals surface area (Å²) in [4.78, 5) is 71.1. The predicted molar refractivity (Wildman–Crippen MR) is 205 cm³/mol. The largest absolute Gasteiger partial charge is 0.481 e. The van der Waals surface area contributed by atoms with Gasteiger partial charge in [-0.15, -0.1) is 0 Å². The number of amides is 5. The molecule has 0 heterocycles. The highest BCUT2D eigenvalue weighted by atomic mass is 16.4. The molecule has 5 atom stereocenters. The fourth-order valence-corrected chi connectivity index (χ4v) is 5.69. The van der Waals surface area contributed by atoms with Gasteiger partial charge in [0, 0.05) is 38.0 Å². The van der Waals surface area contributed by atoms with Crippen molar-refractivity contribution in [1.29, 1.82) is 0 Å². The molecule has 0 fully saturated rings. The Labute approximate surface area is 312 Å². The number of carboxylic acids is 1. The van der Waals surface area contributed by atoms with E-state index in [1.807, 2.05) is 65.0 Å². The van der Waals surface area contributed by atoms with Crippen LogP contribution in [0.5, 0.6) is 0 Å².